The monoisotopic (exact) mass is 393 g/mol. The van der Waals surface area contributed by atoms with E-state index in [-0.39, 0.29) is 11.2 Å². The Morgan fingerprint density at radius 2 is 1.90 bits per heavy atom. The number of carbonyl (C=O) groups excluding carboxylic acids is 1. The molecule has 29 heavy (non-hydrogen) atoms. The molecule has 6 heteroatoms. The van der Waals surface area contributed by atoms with Crippen molar-refractivity contribution in [3.8, 4) is 11.5 Å². The number of aryl methyl sites for hydroxylation is 1. The molecule has 1 aromatic heterocycles. The highest BCUT2D eigenvalue weighted by Crippen LogP contribution is 2.36. The van der Waals surface area contributed by atoms with Gasteiger partial charge in [-0.3, -0.25) is 9.59 Å². The number of nitrogens with one attached hydrogen (secondary N) is 1. The van der Waals surface area contributed by atoms with Crippen LogP contribution in [0.4, 0.5) is 0 Å². The van der Waals surface area contributed by atoms with Gasteiger partial charge in [-0.2, -0.15) is 0 Å². The first-order chi connectivity index (χ1) is 13.9. The quantitative estimate of drug-likeness (QED) is 0.709. The Labute approximate surface area is 168 Å². The van der Waals surface area contributed by atoms with Gasteiger partial charge in [0.1, 0.15) is 5.58 Å². The number of ether oxygens (including phenoxy) is 2. The molecule has 150 valence electrons. The molecule has 3 aromatic rings. The van der Waals surface area contributed by atoms with Crippen LogP contribution in [0.25, 0.3) is 11.0 Å². The summed E-state index contributed by atoms with van der Waals surface area (Å²) >= 11 is 0. The van der Waals surface area contributed by atoms with Crippen molar-refractivity contribution in [3.05, 3.63) is 69.1 Å². The molecule has 0 bridgehead atoms. The Kier molecular flexibility index (Phi) is 4.78. The van der Waals surface area contributed by atoms with Crippen LogP contribution >= 0.6 is 0 Å². The first-order valence-corrected chi connectivity index (χ1v) is 9.58. The number of rotatable bonds is 5. The number of hydrogen-bond acceptors (Lipinski definition) is 5. The molecule has 1 N–H and O–H groups in total. The highest BCUT2D eigenvalue weighted by Gasteiger charge is 2.36. The summed E-state index contributed by atoms with van der Waals surface area (Å²) in [5.74, 6) is 1.21. The van der Waals surface area contributed by atoms with E-state index in [2.05, 4.69) is 19.2 Å². The van der Waals surface area contributed by atoms with E-state index in [9.17, 15) is 9.59 Å². The lowest BCUT2D eigenvalue weighted by molar-refractivity contribution is 0.0938. The molecular formula is C23H23NO5. The maximum atomic E-state index is 13.2. The average Bonchev–Trinajstić information content (AvgIpc) is 3.03. The van der Waals surface area contributed by atoms with Gasteiger partial charge in [-0.1, -0.05) is 31.5 Å². The second kappa shape index (κ2) is 7.28. The normalized spacial score (nSPS) is 15.5. The van der Waals surface area contributed by atoms with Crippen LogP contribution in [0, 0.1) is 12.8 Å². The Bertz CT molecular complexity index is 1160. The molecule has 0 saturated carbocycles. The van der Waals surface area contributed by atoms with Gasteiger partial charge in [0, 0.05) is 0 Å². The lowest BCUT2D eigenvalue weighted by atomic mass is 9.98. The molecule has 0 radical (unpaired) electrons. The summed E-state index contributed by atoms with van der Waals surface area (Å²) in [4.78, 5) is 25.7. The summed E-state index contributed by atoms with van der Waals surface area (Å²) in [6.07, 6.45) is 0. The summed E-state index contributed by atoms with van der Waals surface area (Å²) in [5.41, 5.74) is 2.21. The molecule has 1 amide bonds. The van der Waals surface area contributed by atoms with Gasteiger partial charge in [0.25, 0.3) is 5.91 Å². The van der Waals surface area contributed by atoms with Gasteiger partial charge < -0.3 is 19.2 Å². The summed E-state index contributed by atoms with van der Waals surface area (Å²) < 4.78 is 17.1. The molecule has 0 fully saturated rings. The number of hydrogen-bond donors (Lipinski definition) is 1. The fourth-order valence-electron chi connectivity index (χ4n) is 3.51. The molecule has 2 aromatic carbocycles. The molecule has 0 aliphatic carbocycles. The van der Waals surface area contributed by atoms with Crippen LogP contribution < -0.4 is 20.2 Å². The minimum atomic E-state index is -0.605. The van der Waals surface area contributed by atoms with Crippen molar-refractivity contribution < 1.29 is 18.7 Å². The van der Waals surface area contributed by atoms with Crippen molar-refractivity contribution >= 4 is 16.9 Å². The third kappa shape index (κ3) is 3.35. The molecule has 4 rings (SSSR count). The molecule has 1 aliphatic rings. The highest BCUT2D eigenvalue weighted by molar-refractivity contribution is 5.99. The molecular weight excluding hydrogens is 370 g/mol. The van der Waals surface area contributed by atoms with E-state index >= 15 is 0 Å². The fraction of sp³-hybridized carbons (Fsp3) is 0.304. The summed E-state index contributed by atoms with van der Waals surface area (Å²) in [6, 6.07) is 10.2. The number of amides is 1. The van der Waals surface area contributed by atoms with Crippen LogP contribution in [0.3, 0.4) is 0 Å². The molecule has 2 heterocycles. The zero-order valence-electron chi connectivity index (χ0n) is 16.9. The molecule has 0 spiro atoms. The van der Waals surface area contributed by atoms with E-state index in [1.807, 2.05) is 19.1 Å². The maximum absolute atomic E-state index is 13.2. The summed E-state index contributed by atoms with van der Waals surface area (Å²) in [7, 11) is 1.56. The second-order valence-corrected chi connectivity index (χ2v) is 7.70. The van der Waals surface area contributed by atoms with Gasteiger partial charge in [0.2, 0.25) is 5.76 Å². The molecule has 1 atom stereocenters. The largest absolute Gasteiger partial charge is 0.493 e. The average molecular weight is 393 g/mol. The third-order valence-corrected chi connectivity index (χ3v) is 4.94. The van der Waals surface area contributed by atoms with E-state index in [0.29, 0.717) is 40.6 Å². The zero-order valence-corrected chi connectivity index (χ0v) is 16.9. The minimum absolute atomic E-state index is 0.0652. The third-order valence-electron chi connectivity index (χ3n) is 4.94. The zero-order chi connectivity index (χ0) is 20.7. The van der Waals surface area contributed by atoms with Crippen LogP contribution in [0.1, 0.15) is 47.1 Å². The lowest BCUT2D eigenvalue weighted by Gasteiger charge is -2.16. The second-order valence-electron chi connectivity index (χ2n) is 7.70. The Hall–Kier alpha value is -3.28. The van der Waals surface area contributed by atoms with Crippen molar-refractivity contribution in [3.63, 3.8) is 0 Å². The van der Waals surface area contributed by atoms with Crippen LogP contribution in [0.2, 0.25) is 0 Å². The van der Waals surface area contributed by atoms with Crippen molar-refractivity contribution in [1.82, 2.24) is 5.32 Å². The predicted molar refractivity (Wildman–Crippen MR) is 110 cm³/mol. The predicted octanol–water partition coefficient (Wildman–Crippen LogP) is 3.98. The topological polar surface area (TPSA) is 77.8 Å². The van der Waals surface area contributed by atoms with Crippen molar-refractivity contribution in [1.29, 1.82) is 0 Å². The van der Waals surface area contributed by atoms with Gasteiger partial charge in [0.15, 0.2) is 16.9 Å². The first kappa shape index (κ1) is 19.1. The smallest absolute Gasteiger partial charge is 0.288 e. The maximum Gasteiger partial charge on any atom is 0.288 e. The van der Waals surface area contributed by atoms with Crippen LogP contribution in [0.15, 0.2) is 45.6 Å². The first-order valence-electron chi connectivity index (χ1n) is 9.58. The lowest BCUT2D eigenvalue weighted by Crippen LogP contribution is -2.22. The van der Waals surface area contributed by atoms with E-state index in [1.165, 1.54) is 0 Å². The fourth-order valence-corrected chi connectivity index (χ4v) is 3.51. The van der Waals surface area contributed by atoms with Gasteiger partial charge in [-0.05, 0) is 42.7 Å². The molecule has 1 aliphatic heterocycles. The molecule has 6 nitrogen and oxygen atoms in total. The molecule has 0 saturated heterocycles. The van der Waals surface area contributed by atoms with Crippen molar-refractivity contribution in [2.75, 3.05) is 13.7 Å². The highest BCUT2D eigenvalue weighted by atomic mass is 16.5. The minimum Gasteiger partial charge on any atom is -0.493 e. The van der Waals surface area contributed by atoms with Crippen molar-refractivity contribution in [2.45, 2.75) is 26.8 Å². The van der Waals surface area contributed by atoms with E-state index < -0.39 is 11.9 Å². The van der Waals surface area contributed by atoms with Crippen LogP contribution in [-0.2, 0) is 0 Å². The Morgan fingerprint density at radius 3 is 2.62 bits per heavy atom. The number of carbonyl (C=O) groups is 1. The van der Waals surface area contributed by atoms with Crippen molar-refractivity contribution in [2.24, 2.45) is 5.92 Å². The van der Waals surface area contributed by atoms with E-state index in [1.54, 1.807) is 31.4 Å². The van der Waals surface area contributed by atoms with Gasteiger partial charge >= 0.3 is 0 Å². The Morgan fingerprint density at radius 1 is 1.10 bits per heavy atom. The number of methoxy groups -OCH3 is 1. The standard InChI is InChI=1S/C23H23NO5/c1-12(2)11-28-17-8-6-14(10-18(17)27-4)20-19-21(25)15-9-13(3)5-7-16(15)29-22(19)23(26)24-20/h5-10,12,20H,11H2,1-4H3,(H,24,26). The van der Waals surface area contributed by atoms with Gasteiger partial charge in [-0.25, -0.2) is 0 Å². The molecule has 1 unspecified atom stereocenters. The van der Waals surface area contributed by atoms with Crippen LogP contribution in [0.5, 0.6) is 11.5 Å². The summed E-state index contributed by atoms with van der Waals surface area (Å²) in [6.45, 7) is 6.61. The van der Waals surface area contributed by atoms with Gasteiger partial charge in [0.05, 0.1) is 30.7 Å². The summed E-state index contributed by atoms with van der Waals surface area (Å²) in [5, 5.41) is 3.32. The van der Waals surface area contributed by atoms with E-state index in [0.717, 1.165) is 11.1 Å². The van der Waals surface area contributed by atoms with Crippen LogP contribution in [-0.4, -0.2) is 19.6 Å². The SMILES string of the molecule is COc1cc(C2NC(=O)c3oc4ccc(C)cc4c(=O)c32)ccc1OCC(C)C. The number of fused-ring (bicyclic) bond motifs is 2. The van der Waals surface area contributed by atoms with Gasteiger partial charge in [-0.15, -0.1) is 0 Å². The Balaban J connectivity index is 1.81. The number of benzene rings is 2. The van der Waals surface area contributed by atoms with E-state index in [4.69, 9.17) is 13.9 Å².